The molecule has 1 atom stereocenters. The van der Waals surface area contributed by atoms with Crippen molar-refractivity contribution in [2.45, 2.75) is 13.0 Å². The second-order valence-corrected chi connectivity index (χ2v) is 6.49. The molecule has 0 unspecified atom stereocenters. The predicted octanol–water partition coefficient (Wildman–Crippen LogP) is 3.12. The quantitative estimate of drug-likeness (QED) is 0.872. The molecule has 1 aliphatic rings. The van der Waals surface area contributed by atoms with E-state index in [9.17, 15) is 13.6 Å². The van der Waals surface area contributed by atoms with E-state index in [0.29, 0.717) is 13.1 Å². The van der Waals surface area contributed by atoms with E-state index in [4.69, 9.17) is 4.74 Å². The van der Waals surface area contributed by atoms with Gasteiger partial charge in [-0.2, -0.15) is 0 Å². The number of halogens is 2. The zero-order valence-corrected chi connectivity index (χ0v) is 15.4. The topological polar surface area (TPSA) is 44.8 Å². The number of hydrogen-bond acceptors (Lipinski definition) is 4. The van der Waals surface area contributed by atoms with E-state index in [0.717, 1.165) is 36.7 Å². The molecule has 27 heavy (non-hydrogen) atoms. The van der Waals surface area contributed by atoms with Crippen LogP contribution in [-0.4, -0.2) is 50.1 Å². The summed E-state index contributed by atoms with van der Waals surface area (Å²) in [6.07, 6.45) is 0. The Morgan fingerprint density at radius 1 is 1.07 bits per heavy atom. The predicted molar refractivity (Wildman–Crippen MR) is 101 cm³/mol. The van der Waals surface area contributed by atoms with Crippen molar-refractivity contribution in [3.8, 4) is 5.75 Å². The van der Waals surface area contributed by atoms with E-state index in [-0.39, 0.29) is 17.6 Å². The van der Waals surface area contributed by atoms with Gasteiger partial charge in [-0.05, 0) is 31.2 Å². The number of carbonyl (C=O) groups is 1. The molecule has 5 nitrogen and oxygen atoms in total. The molecular weight excluding hydrogens is 352 g/mol. The van der Waals surface area contributed by atoms with Crippen LogP contribution >= 0.6 is 0 Å². The van der Waals surface area contributed by atoms with Gasteiger partial charge in [-0.25, -0.2) is 8.78 Å². The lowest BCUT2D eigenvalue weighted by molar-refractivity contribution is -0.120. The number of piperazine rings is 1. The number of amides is 1. The summed E-state index contributed by atoms with van der Waals surface area (Å²) in [5.74, 6) is -1.33. The number of ether oxygens (including phenoxy) is 1. The third-order valence-electron chi connectivity index (χ3n) is 4.85. The summed E-state index contributed by atoms with van der Waals surface area (Å²) in [6.45, 7) is 4.77. The van der Waals surface area contributed by atoms with E-state index < -0.39 is 11.6 Å². The summed E-state index contributed by atoms with van der Waals surface area (Å²) in [5.41, 5.74) is 1.29. The van der Waals surface area contributed by atoms with Crippen LogP contribution in [0.25, 0.3) is 0 Å². The molecule has 0 aromatic heterocycles. The maximum Gasteiger partial charge on any atom is 0.241 e. The van der Waals surface area contributed by atoms with Crippen molar-refractivity contribution in [1.82, 2.24) is 4.90 Å². The van der Waals surface area contributed by atoms with Crippen LogP contribution in [-0.2, 0) is 4.79 Å². The lowest BCUT2D eigenvalue weighted by Crippen LogP contribution is -2.52. The van der Waals surface area contributed by atoms with Gasteiger partial charge in [0.25, 0.3) is 0 Å². The molecule has 144 valence electrons. The molecule has 0 radical (unpaired) electrons. The van der Waals surface area contributed by atoms with Gasteiger partial charge in [-0.3, -0.25) is 9.69 Å². The zero-order chi connectivity index (χ0) is 19.4. The van der Waals surface area contributed by atoms with Crippen LogP contribution in [0.2, 0.25) is 0 Å². The molecule has 0 saturated carbocycles. The van der Waals surface area contributed by atoms with Crippen LogP contribution in [0.4, 0.5) is 20.2 Å². The van der Waals surface area contributed by atoms with Crippen molar-refractivity contribution in [2.24, 2.45) is 0 Å². The Labute approximate surface area is 157 Å². The van der Waals surface area contributed by atoms with Gasteiger partial charge in [0, 0.05) is 37.9 Å². The van der Waals surface area contributed by atoms with Gasteiger partial charge in [-0.15, -0.1) is 0 Å². The number of carbonyl (C=O) groups excluding carboxylic acids is 1. The molecule has 1 fully saturated rings. The molecule has 2 aromatic carbocycles. The largest absolute Gasteiger partial charge is 0.495 e. The molecule has 3 rings (SSSR count). The molecule has 1 aliphatic heterocycles. The summed E-state index contributed by atoms with van der Waals surface area (Å²) in [6, 6.07) is 10.8. The maximum absolute atomic E-state index is 13.3. The first-order valence-corrected chi connectivity index (χ1v) is 8.87. The molecular formula is C20H23F2N3O2. The van der Waals surface area contributed by atoms with Crippen molar-refractivity contribution in [2.75, 3.05) is 43.5 Å². The van der Waals surface area contributed by atoms with E-state index >= 15 is 0 Å². The van der Waals surface area contributed by atoms with E-state index in [2.05, 4.69) is 15.1 Å². The summed E-state index contributed by atoms with van der Waals surface area (Å²) >= 11 is 0. The standard InChI is InChI=1S/C20H23F2N3O2/c1-14(20(26)23-15-7-8-16(21)17(22)13-15)24-9-11-25(12-10-24)18-5-3-4-6-19(18)27-2/h3-8,13-14H,9-12H2,1-2H3,(H,23,26)/t14-/m0/s1. The molecule has 2 aromatic rings. The smallest absolute Gasteiger partial charge is 0.241 e. The van der Waals surface area contributed by atoms with E-state index in [1.54, 1.807) is 7.11 Å². The van der Waals surface area contributed by atoms with Gasteiger partial charge < -0.3 is 15.0 Å². The van der Waals surface area contributed by atoms with Gasteiger partial charge in [-0.1, -0.05) is 12.1 Å². The number of benzene rings is 2. The van der Waals surface area contributed by atoms with Crippen molar-refractivity contribution >= 4 is 17.3 Å². The first kappa shape index (κ1) is 19.1. The number of nitrogens with zero attached hydrogens (tertiary/aromatic N) is 2. The molecule has 0 aliphatic carbocycles. The van der Waals surface area contributed by atoms with Crippen molar-refractivity contribution < 1.29 is 18.3 Å². The Morgan fingerprint density at radius 3 is 2.44 bits per heavy atom. The van der Waals surface area contributed by atoms with Gasteiger partial charge in [0.2, 0.25) is 5.91 Å². The lowest BCUT2D eigenvalue weighted by Gasteiger charge is -2.38. The first-order chi connectivity index (χ1) is 13.0. The number of nitrogens with one attached hydrogen (secondary N) is 1. The molecule has 0 spiro atoms. The minimum atomic E-state index is -0.981. The van der Waals surface area contributed by atoms with Crippen molar-refractivity contribution in [3.63, 3.8) is 0 Å². The van der Waals surface area contributed by atoms with Crippen molar-refractivity contribution in [3.05, 3.63) is 54.1 Å². The molecule has 1 saturated heterocycles. The fraction of sp³-hybridized carbons (Fsp3) is 0.350. The summed E-state index contributed by atoms with van der Waals surface area (Å²) < 4.78 is 31.7. The number of hydrogen-bond donors (Lipinski definition) is 1. The summed E-state index contributed by atoms with van der Waals surface area (Å²) in [7, 11) is 1.65. The van der Waals surface area contributed by atoms with E-state index in [1.807, 2.05) is 31.2 Å². The van der Waals surface area contributed by atoms with Crippen LogP contribution in [0.15, 0.2) is 42.5 Å². The second-order valence-electron chi connectivity index (χ2n) is 6.49. The number of methoxy groups -OCH3 is 1. The molecule has 7 heteroatoms. The van der Waals surface area contributed by atoms with Crippen LogP contribution in [0.3, 0.4) is 0 Å². The molecule has 1 N–H and O–H groups in total. The number of rotatable bonds is 5. The zero-order valence-electron chi connectivity index (χ0n) is 15.4. The molecule has 1 heterocycles. The highest BCUT2D eigenvalue weighted by molar-refractivity contribution is 5.94. The second kappa shape index (κ2) is 8.35. The van der Waals surface area contributed by atoms with Crippen LogP contribution < -0.4 is 15.0 Å². The highest BCUT2D eigenvalue weighted by Gasteiger charge is 2.26. The monoisotopic (exact) mass is 375 g/mol. The summed E-state index contributed by atoms with van der Waals surface area (Å²) in [4.78, 5) is 16.8. The minimum absolute atomic E-state index is 0.244. The highest BCUT2D eigenvalue weighted by atomic mass is 19.2. The first-order valence-electron chi connectivity index (χ1n) is 8.87. The van der Waals surface area contributed by atoms with Crippen molar-refractivity contribution in [1.29, 1.82) is 0 Å². The average Bonchev–Trinajstić information content (AvgIpc) is 2.70. The third-order valence-corrected chi connectivity index (χ3v) is 4.85. The Kier molecular flexibility index (Phi) is 5.91. The van der Waals surface area contributed by atoms with Crippen LogP contribution in [0.5, 0.6) is 5.75 Å². The number of para-hydroxylation sites is 2. The SMILES string of the molecule is COc1ccccc1N1CCN([C@@H](C)C(=O)Nc2ccc(F)c(F)c2)CC1. The Balaban J connectivity index is 1.58. The summed E-state index contributed by atoms with van der Waals surface area (Å²) in [5, 5.41) is 2.65. The number of anilines is 2. The normalized spacial score (nSPS) is 16.1. The Morgan fingerprint density at radius 2 is 1.78 bits per heavy atom. The van der Waals surface area contributed by atoms with Crippen LogP contribution in [0, 0.1) is 11.6 Å². The molecule has 1 amide bonds. The Bertz CT molecular complexity index is 808. The highest BCUT2D eigenvalue weighted by Crippen LogP contribution is 2.28. The van der Waals surface area contributed by atoms with Gasteiger partial charge in [0.05, 0.1) is 18.8 Å². The Hall–Kier alpha value is -2.67. The van der Waals surface area contributed by atoms with Crippen LogP contribution in [0.1, 0.15) is 6.92 Å². The third kappa shape index (κ3) is 4.36. The lowest BCUT2D eigenvalue weighted by atomic mass is 10.2. The van der Waals surface area contributed by atoms with Gasteiger partial charge >= 0.3 is 0 Å². The van der Waals surface area contributed by atoms with Gasteiger partial charge in [0.1, 0.15) is 5.75 Å². The fourth-order valence-corrected chi connectivity index (χ4v) is 3.23. The maximum atomic E-state index is 13.3. The minimum Gasteiger partial charge on any atom is -0.495 e. The fourth-order valence-electron chi connectivity index (χ4n) is 3.23. The molecule has 0 bridgehead atoms. The van der Waals surface area contributed by atoms with Gasteiger partial charge in [0.15, 0.2) is 11.6 Å². The van der Waals surface area contributed by atoms with E-state index in [1.165, 1.54) is 6.07 Å². The average molecular weight is 375 g/mol.